The maximum Gasteiger partial charge on any atom is 0.227 e. The van der Waals surface area contributed by atoms with Crippen molar-refractivity contribution in [2.45, 2.75) is 32.4 Å². The highest BCUT2D eigenvalue weighted by atomic mass is 16.1. The summed E-state index contributed by atoms with van der Waals surface area (Å²) in [5.74, 6) is 2.65. The molecule has 1 amide bonds. The fourth-order valence-electron chi connectivity index (χ4n) is 4.14. The normalized spacial score (nSPS) is 21.6. The predicted octanol–water partition coefficient (Wildman–Crippen LogP) is 1.26. The average molecular weight is 378 g/mol. The van der Waals surface area contributed by atoms with E-state index in [0.29, 0.717) is 24.0 Å². The van der Waals surface area contributed by atoms with Crippen LogP contribution in [0, 0.1) is 5.92 Å². The van der Waals surface area contributed by atoms with Gasteiger partial charge in [0.25, 0.3) is 0 Å². The minimum Gasteiger partial charge on any atom is -0.351 e. The zero-order chi connectivity index (χ0) is 19.1. The molecular weight excluding hydrogens is 356 g/mol. The van der Waals surface area contributed by atoms with Crippen molar-refractivity contribution >= 4 is 11.9 Å². The third-order valence-electron chi connectivity index (χ3n) is 5.57. The first-order chi connectivity index (χ1) is 13.7. The highest BCUT2D eigenvalue weighted by Crippen LogP contribution is 2.30. The van der Waals surface area contributed by atoms with Crippen molar-refractivity contribution in [2.75, 3.05) is 18.0 Å². The van der Waals surface area contributed by atoms with Gasteiger partial charge in [0.15, 0.2) is 0 Å². The zero-order valence-electron chi connectivity index (χ0n) is 15.7. The molecule has 2 unspecified atom stereocenters. The van der Waals surface area contributed by atoms with Crippen molar-refractivity contribution in [3.05, 3.63) is 36.7 Å². The summed E-state index contributed by atoms with van der Waals surface area (Å²) in [6.07, 6.45) is 3.24. The van der Waals surface area contributed by atoms with E-state index in [-0.39, 0.29) is 11.9 Å². The molecule has 2 saturated heterocycles. The standard InChI is InChI=1S/C19H22N8O/c1-2-26-18(17-20-12-27(24-17)14-6-4-3-5-7-14)22-23-19(26)25-10-13-8-9-16(28)21-15(13)11-25/h3-7,12-13,15H,2,8-11H2,1H3,(H,21,28). The molecule has 0 aliphatic carbocycles. The predicted molar refractivity (Wildman–Crippen MR) is 103 cm³/mol. The smallest absolute Gasteiger partial charge is 0.227 e. The number of anilines is 1. The molecule has 5 rings (SSSR count). The molecule has 1 aromatic carbocycles. The Hall–Kier alpha value is -3.23. The Morgan fingerprint density at radius 2 is 2.04 bits per heavy atom. The quantitative estimate of drug-likeness (QED) is 0.735. The second-order valence-electron chi connectivity index (χ2n) is 7.29. The largest absolute Gasteiger partial charge is 0.351 e. The van der Waals surface area contributed by atoms with Gasteiger partial charge >= 0.3 is 0 Å². The molecule has 4 heterocycles. The number of nitrogens with one attached hydrogen (secondary N) is 1. The molecule has 2 atom stereocenters. The molecule has 9 heteroatoms. The minimum absolute atomic E-state index is 0.149. The van der Waals surface area contributed by atoms with E-state index in [4.69, 9.17) is 0 Å². The number of carbonyl (C=O) groups excluding carboxylic acids is 1. The number of nitrogens with zero attached hydrogens (tertiary/aromatic N) is 7. The molecule has 0 spiro atoms. The summed E-state index contributed by atoms with van der Waals surface area (Å²) < 4.78 is 3.79. The molecule has 0 saturated carbocycles. The molecular formula is C19H22N8O. The van der Waals surface area contributed by atoms with Crippen LogP contribution < -0.4 is 10.2 Å². The number of amides is 1. The number of rotatable bonds is 4. The fourth-order valence-corrected chi connectivity index (χ4v) is 4.14. The van der Waals surface area contributed by atoms with Gasteiger partial charge in [-0.3, -0.25) is 9.36 Å². The summed E-state index contributed by atoms with van der Waals surface area (Å²) in [5.41, 5.74) is 0.948. The lowest BCUT2D eigenvalue weighted by molar-refractivity contribution is -0.123. The first-order valence-corrected chi connectivity index (χ1v) is 9.68. The number of benzene rings is 1. The van der Waals surface area contributed by atoms with E-state index in [0.717, 1.165) is 37.7 Å². The summed E-state index contributed by atoms with van der Waals surface area (Å²) in [6.45, 7) is 4.43. The van der Waals surface area contributed by atoms with Crippen molar-refractivity contribution in [3.63, 3.8) is 0 Å². The molecule has 3 aromatic rings. The molecule has 0 radical (unpaired) electrons. The van der Waals surface area contributed by atoms with Crippen molar-refractivity contribution < 1.29 is 4.79 Å². The molecule has 1 N–H and O–H groups in total. The topological polar surface area (TPSA) is 93.8 Å². The molecule has 2 fully saturated rings. The number of aromatic nitrogens is 6. The number of para-hydroxylation sites is 1. The maximum atomic E-state index is 11.7. The third kappa shape index (κ3) is 2.83. The fraction of sp³-hybridized carbons (Fsp3) is 0.421. The summed E-state index contributed by atoms with van der Waals surface area (Å²) in [6, 6.07) is 10.1. The Bertz CT molecular complexity index is 995. The summed E-state index contributed by atoms with van der Waals surface area (Å²) >= 11 is 0. The van der Waals surface area contributed by atoms with Gasteiger partial charge in [-0.05, 0) is 31.4 Å². The SMILES string of the molecule is CCn1c(-c2ncn(-c3ccccc3)n2)nnc1N1CC2CCC(=O)NC2C1. The van der Waals surface area contributed by atoms with Crippen LogP contribution in [-0.4, -0.2) is 54.6 Å². The Kier molecular flexibility index (Phi) is 4.07. The second kappa shape index (κ2) is 6.74. The monoisotopic (exact) mass is 378 g/mol. The van der Waals surface area contributed by atoms with Gasteiger partial charge in [-0.15, -0.1) is 15.3 Å². The van der Waals surface area contributed by atoms with Crippen LogP contribution in [0.3, 0.4) is 0 Å². The number of piperidine rings is 1. The molecule has 28 heavy (non-hydrogen) atoms. The first-order valence-electron chi connectivity index (χ1n) is 9.68. The van der Waals surface area contributed by atoms with E-state index in [2.05, 4.69) is 37.4 Å². The van der Waals surface area contributed by atoms with E-state index in [1.54, 1.807) is 11.0 Å². The van der Waals surface area contributed by atoms with E-state index >= 15 is 0 Å². The van der Waals surface area contributed by atoms with Gasteiger partial charge in [0, 0.05) is 26.1 Å². The Labute approximate surface area is 162 Å². The van der Waals surface area contributed by atoms with Gasteiger partial charge in [-0.2, -0.15) is 0 Å². The van der Waals surface area contributed by atoms with Gasteiger partial charge < -0.3 is 10.2 Å². The van der Waals surface area contributed by atoms with Gasteiger partial charge in [0.2, 0.25) is 23.5 Å². The van der Waals surface area contributed by atoms with Crippen LogP contribution in [-0.2, 0) is 11.3 Å². The molecule has 2 aliphatic heterocycles. The highest BCUT2D eigenvalue weighted by molar-refractivity contribution is 5.77. The van der Waals surface area contributed by atoms with Crippen LogP contribution in [0.4, 0.5) is 5.95 Å². The average Bonchev–Trinajstić information content (AvgIpc) is 3.44. The van der Waals surface area contributed by atoms with Gasteiger partial charge in [-0.25, -0.2) is 9.67 Å². The van der Waals surface area contributed by atoms with E-state index < -0.39 is 0 Å². The summed E-state index contributed by atoms with van der Waals surface area (Å²) in [7, 11) is 0. The Balaban J connectivity index is 1.43. The van der Waals surface area contributed by atoms with Gasteiger partial charge in [0.1, 0.15) is 6.33 Å². The highest BCUT2D eigenvalue weighted by Gasteiger charge is 2.38. The number of carbonyl (C=O) groups is 1. The second-order valence-corrected chi connectivity index (χ2v) is 7.29. The number of fused-ring (bicyclic) bond motifs is 1. The van der Waals surface area contributed by atoms with E-state index in [1.165, 1.54) is 0 Å². The van der Waals surface area contributed by atoms with Crippen molar-refractivity contribution in [2.24, 2.45) is 5.92 Å². The maximum absolute atomic E-state index is 11.7. The summed E-state index contributed by atoms with van der Waals surface area (Å²) in [4.78, 5) is 18.4. The van der Waals surface area contributed by atoms with Crippen molar-refractivity contribution in [3.8, 4) is 17.3 Å². The first kappa shape index (κ1) is 16.9. The molecule has 144 valence electrons. The molecule has 2 aliphatic rings. The van der Waals surface area contributed by atoms with E-state index in [1.807, 2.05) is 34.9 Å². The van der Waals surface area contributed by atoms with Gasteiger partial charge in [-0.1, -0.05) is 18.2 Å². The molecule has 2 aromatic heterocycles. The van der Waals surface area contributed by atoms with Crippen LogP contribution in [0.1, 0.15) is 19.8 Å². The number of hydrogen-bond acceptors (Lipinski definition) is 6. The van der Waals surface area contributed by atoms with Crippen molar-refractivity contribution in [1.29, 1.82) is 0 Å². The third-order valence-corrected chi connectivity index (χ3v) is 5.57. The lowest BCUT2D eigenvalue weighted by Crippen LogP contribution is -2.44. The number of hydrogen-bond donors (Lipinski definition) is 1. The molecule has 0 bridgehead atoms. The lowest BCUT2D eigenvalue weighted by Gasteiger charge is -2.24. The van der Waals surface area contributed by atoms with Crippen LogP contribution in [0.2, 0.25) is 0 Å². The van der Waals surface area contributed by atoms with Crippen LogP contribution in [0.25, 0.3) is 17.3 Å². The Morgan fingerprint density at radius 1 is 1.18 bits per heavy atom. The molecule has 9 nitrogen and oxygen atoms in total. The van der Waals surface area contributed by atoms with Crippen LogP contribution in [0.15, 0.2) is 36.7 Å². The lowest BCUT2D eigenvalue weighted by atomic mass is 9.94. The Morgan fingerprint density at radius 3 is 2.86 bits per heavy atom. The zero-order valence-corrected chi connectivity index (χ0v) is 15.7. The van der Waals surface area contributed by atoms with Crippen LogP contribution >= 0.6 is 0 Å². The summed E-state index contributed by atoms with van der Waals surface area (Å²) in [5, 5.41) is 16.5. The minimum atomic E-state index is 0.149. The van der Waals surface area contributed by atoms with Crippen LogP contribution in [0.5, 0.6) is 0 Å². The van der Waals surface area contributed by atoms with Gasteiger partial charge in [0.05, 0.1) is 11.7 Å². The van der Waals surface area contributed by atoms with E-state index in [9.17, 15) is 4.79 Å². The van der Waals surface area contributed by atoms with Crippen molar-refractivity contribution in [1.82, 2.24) is 34.8 Å².